The number of nitrogens with zero attached hydrogens (tertiary/aromatic N) is 6. The summed E-state index contributed by atoms with van der Waals surface area (Å²) in [6, 6.07) is 6.91. The first-order valence-electron chi connectivity index (χ1n) is 9.24. The fraction of sp³-hybridized carbons (Fsp3) is 0.389. The van der Waals surface area contributed by atoms with E-state index in [-0.39, 0.29) is 5.56 Å². The molecule has 1 aliphatic heterocycles. The van der Waals surface area contributed by atoms with Gasteiger partial charge in [0, 0.05) is 44.2 Å². The number of non-ortho nitro benzene ring substituents is 2. The summed E-state index contributed by atoms with van der Waals surface area (Å²) in [7, 11) is 0. The third-order valence-corrected chi connectivity index (χ3v) is 5.13. The summed E-state index contributed by atoms with van der Waals surface area (Å²) in [5.74, 6) is 0.809. The Morgan fingerprint density at radius 3 is 2.03 bits per heavy atom. The van der Waals surface area contributed by atoms with Gasteiger partial charge < -0.3 is 9.80 Å². The fourth-order valence-corrected chi connectivity index (χ4v) is 3.35. The minimum absolute atomic E-state index is 0.0621. The molecule has 0 radical (unpaired) electrons. The molecule has 2 fully saturated rings. The van der Waals surface area contributed by atoms with Crippen molar-refractivity contribution in [2.75, 3.05) is 31.1 Å². The average Bonchev–Trinajstić information content (AvgIpc) is 3.58. The molecule has 11 nitrogen and oxygen atoms in total. The Morgan fingerprint density at radius 2 is 1.55 bits per heavy atom. The van der Waals surface area contributed by atoms with E-state index in [0.717, 1.165) is 42.6 Å². The highest BCUT2D eigenvalue weighted by molar-refractivity contribution is 5.95. The molecule has 0 spiro atoms. The summed E-state index contributed by atoms with van der Waals surface area (Å²) in [4.78, 5) is 36.9. The molecule has 1 aliphatic carbocycles. The zero-order chi connectivity index (χ0) is 20.5. The maximum absolute atomic E-state index is 12.8. The normalized spacial score (nSPS) is 16.6. The molecule has 1 saturated carbocycles. The number of hydrogen-bond donors (Lipinski definition) is 0. The Hall–Kier alpha value is -3.63. The molecule has 2 aliphatic rings. The highest BCUT2D eigenvalue weighted by Crippen LogP contribution is 2.38. The van der Waals surface area contributed by atoms with Gasteiger partial charge in [-0.1, -0.05) is 0 Å². The number of rotatable bonds is 5. The Bertz CT molecular complexity index is 935. The van der Waals surface area contributed by atoms with Crippen molar-refractivity contribution in [1.29, 1.82) is 0 Å². The van der Waals surface area contributed by atoms with Gasteiger partial charge >= 0.3 is 0 Å². The van der Waals surface area contributed by atoms with Gasteiger partial charge in [0.05, 0.1) is 27.2 Å². The van der Waals surface area contributed by atoms with E-state index < -0.39 is 27.1 Å². The molecule has 1 aromatic carbocycles. The highest BCUT2D eigenvalue weighted by Gasteiger charge is 2.28. The van der Waals surface area contributed by atoms with Gasteiger partial charge in [0.2, 0.25) is 0 Å². The van der Waals surface area contributed by atoms with Gasteiger partial charge in [-0.25, -0.2) is 0 Å². The van der Waals surface area contributed by atoms with E-state index in [1.807, 2.05) is 17.0 Å². The lowest BCUT2D eigenvalue weighted by Crippen LogP contribution is -2.49. The SMILES string of the molecule is O=C(c1cc([N+](=O)[O-])cc([N+](=O)[O-])c1)N1CCN(c2ccc(C3CC3)nn2)CC1. The second-order valence-corrected chi connectivity index (χ2v) is 7.12. The van der Waals surface area contributed by atoms with E-state index in [9.17, 15) is 25.0 Å². The standard InChI is InChI=1S/C18H18N6O5/c25-18(13-9-14(23(26)27)11-15(10-13)24(28)29)22-7-5-21(6-8-22)17-4-3-16(19-20-17)12-1-2-12/h3-4,9-12H,1-2,5-8H2. The lowest BCUT2D eigenvalue weighted by atomic mass is 10.1. The van der Waals surface area contributed by atoms with E-state index in [2.05, 4.69) is 10.2 Å². The van der Waals surface area contributed by atoms with Gasteiger partial charge in [0.25, 0.3) is 17.3 Å². The molecular formula is C18H18N6O5. The van der Waals surface area contributed by atoms with Crippen molar-refractivity contribution < 1.29 is 14.6 Å². The molecule has 0 atom stereocenters. The van der Waals surface area contributed by atoms with Crippen LogP contribution in [0.4, 0.5) is 17.2 Å². The van der Waals surface area contributed by atoms with Crippen LogP contribution >= 0.6 is 0 Å². The monoisotopic (exact) mass is 398 g/mol. The van der Waals surface area contributed by atoms with Crippen LogP contribution in [0.2, 0.25) is 0 Å². The van der Waals surface area contributed by atoms with Gasteiger partial charge in [-0.2, -0.15) is 5.10 Å². The predicted molar refractivity (Wildman–Crippen MR) is 102 cm³/mol. The topological polar surface area (TPSA) is 136 Å². The number of piperazine rings is 1. The number of carbonyl (C=O) groups excluding carboxylic acids is 1. The molecule has 2 heterocycles. The maximum atomic E-state index is 12.8. The third kappa shape index (κ3) is 3.98. The molecule has 1 saturated heterocycles. The molecule has 0 bridgehead atoms. The van der Waals surface area contributed by atoms with Gasteiger partial charge in [0.15, 0.2) is 5.82 Å². The van der Waals surface area contributed by atoms with Crippen molar-refractivity contribution in [2.24, 2.45) is 0 Å². The van der Waals surface area contributed by atoms with E-state index in [0.29, 0.717) is 32.1 Å². The minimum Gasteiger partial charge on any atom is -0.352 e. The number of amides is 1. The van der Waals surface area contributed by atoms with Crippen LogP contribution in [0.3, 0.4) is 0 Å². The first-order chi connectivity index (χ1) is 13.9. The molecule has 11 heteroatoms. The third-order valence-electron chi connectivity index (χ3n) is 5.13. The Kier molecular flexibility index (Phi) is 4.79. The molecule has 1 aromatic heterocycles. The number of hydrogen-bond acceptors (Lipinski definition) is 8. The molecule has 150 valence electrons. The van der Waals surface area contributed by atoms with Gasteiger partial charge in [-0.3, -0.25) is 25.0 Å². The van der Waals surface area contributed by atoms with Gasteiger partial charge in [-0.15, -0.1) is 5.10 Å². The summed E-state index contributed by atoms with van der Waals surface area (Å²) in [5, 5.41) is 30.6. The molecule has 1 amide bonds. The van der Waals surface area contributed by atoms with Crippen LogP contribution in [0.5, 0.6) is 0 Å². The summed E-state index contributed by atoms with van der Waals surface area (Å²) >= 11 is 0. The molecule has 4 rings (SSSR count). The second-order valence-electron chi connectivity index (χ2n) is 7.12. The van der Waals surface area contributed by atoms with Gasteiger partial charge in [0.1, 0.15) is 0 Å². The Balaban J connectivity index is 1.44. The first kappa shape index (κ1) is 18.7. The number of carbonyl (C=O) groups is 1. The number of aromatic nitrogens is 2. The van der Waals surface area contributed by atoms with E-state index in [1.54, 1.807) is 0 Å². The minimum atomic E-state index is -0.744. The van der Waals surface area contributed by atoms with Crippen molar-refractivity contribution in [3.05, 3.63) is 61.8 Å². The number of nitro groups is 2. The van der Waals surface area contributed by atoms with Crippen LogP contribution in [-0.4, -0.2) is 57.0 Å². The zero-order valence-corrected chi connectivity index (χ0v) is 15.4. The summed E-state index contributed by atoms with van der Waals surface area (Å²) < 4.78 is 0. The quantitative estimate of drug-likeness (QED) is 0.552. The predicted octanol–water partition coefficient (Wildman–Crippen LogP) is 2.13. The summed E-state index contributed by atoms with van der Waals surface area (Å²) in [6.07, 6.45) is 2.31. The molecule has 2 aromatic rings. The first-order valence-corrected chi connectivity index (χ1v) is 9.24. The highest BCUT2D eigenvalue weighted by atomic mass is 16.6. The molecule has 29 heavy (non-hydrogen) atoms. The van der Waals surface area contributed by atoms with Crippen molar-refractivity contribution >= 4 is 23.1 Å². The molecular weight excluding hydrogens is 380 g/mol. The van der Waals surface area contributed by atoms with Crippen LogP contribution in [0, 0.1) is 20.2 Å². The van der Waals surface area contributed by atoms with E-state index in [4.69, 9.17) is 0 Å². The van der Waals surface area contributed by atoms with Crippen LogP contribution in [0.25, 0.3) is 0 Å². The fourth-order valence-electron chi connectivity index (χ4n) is 3.35. The number of benzene rings is 1. The molecule has 0 N–H and O–H groups in total. The van der Waals surface area contributed by atoms with Crippen LogP contribution in [0.1, 0.15) is 34.8 Å². The maximum Gasteiger partial charge on any atom is 0.277 e. The smallest absolute Gasteiger partial charge is 0.277 e. The van der Waals surface area contributed by atoms with Crippen molar-refractivity contribution in [1.82, 2.24) is 15.1 Å². The second kappa shape index (κ2) is 7.41. The lowest BCUT2D eigenvalue weighted by molar-refractivity contribution is -0.394. The number of nitro benzene ring substituents is 2. The van der Waals surface area contributed by atoms with Crippen molar-refractivity contribution in [2.45, 2.75) is 18.8 Å². The van der Waals surface area contributed by atoms with Crippen LogP contribution in [-0.2, 0) is 0 Å². The summed E-state index contributed by atoms with van der Waals surface area (Å²) in [5.41, 5.74) is -0.0119. The Morgan fingerprint density at radius 1 is 0.931 bits per heavy atom. The summed E-state index contributed by atoms with van der Waals surface area (Å²) in [6.45, 7) is 1.81. The largest absolute Gasteiger partial charge is 0.352 e. The molecule has 0 unspecified atom stereocenters. The van der Waals surface area contributed by atoms with Gasteiger partial charge in [-0.05, 0) is 25.0 Å². The van der Waals surface area contributed by atoms with Crippen LogP contribution < -0.4 is 4.90 Å². The zero-order valence-electron chi connectivity index (χ0n) is 15.4. The van der Waals surface area contributed by atoms with E-state index >= 15 is 0 Å². The van der Waals surface area contributed by atoms with Crippen molar-refractivity contribution in [3.63, 3.8) is 0 Å². The average molecular weight is 398 g/mol. The van der Waals surface area contributed by atoms with Crippen LogP contribution in [0.15, 0.2) is 30.3 Å². The Labute approximate surface area is 165 Å². The van der Waals surface area contributed by atoms with Crippen molar-refractivity contribution in [3.8, 4) is 0 Å². The lowest BCUT2D eigenvalue weighted by Gasteiger charge is -2.35. The van der Waals surface area contributed by atoms with E-state index in [1.165, 1.54) is 4.90 Å². The number of anilines is 1.